The molecule has 116 valence electrons. The number of benzene rings is 1. The van der Waals surface area contributed by atoms with Gasteiger partial charge in [-0.15, -0.1) is 12.4 Å². The number of nitrogens with one attached hydrogen (secondary N) is 1. The van der Waals surface area contributed by atoms with E-state index in [4.69, 9.17) is 5.73 Å². The molecule has 1 aliphatic rings. The van der Waals surface area contributed by atoms with Crippen LogP contribution in [0.15, 0.2) is 30.3 Å². The zero-order chi connectivity index (χ0) is 14.5. The van der Waals surface area contributed by atoms with Crippen molar-refractivity contribution in [2.45, 2.75) is 31.8 Å². The van der Waals surface area contributed by atoms with Crippen LogP contribution >= 0.6 is 12.4 Å². The summed E-state index contributed by atoms with van der Waals surface area (Å²) in [7, 11) is 0. The topological polar surface area (TPSA) is 75.4 Å². The van der Waals surface area contributed by atoms with E-state index in [2.05, 4.69) is 5.32 Å². The number of halogens is 1. The van der Waals surface area contributed by atoms with Crippen molar-refractivity contribution >= 4 is 24.2 Å². The number of nitrogens with zero attached hydrogens (tertiary/aromatic N) is 1. The second-order valence-electron chi connectivity index (χ2n) is 5.08. The monoisotopic (exact) mass is 311 g/mol. The highest BCUT2D eigenvalue weighted by Crippen LogP contribution is 2.13. The van der Waals surface area contributed by atoms with E-state index >= 15 is 0 Å². The quantitative estimate of drug-likeness (QED) is 0.878. The first kappa shape index (κ1) is 17.5. The maximum absolute atomic E-state index is 12.1. The van der Waals surface area contributed by atoms with E-state index in [1.54, 1.807) is 4.90 Å². The van der Waals surface area contributed by atoms with E-state index in [9.17, 15) is 9.59 Å². The Morgan fingerprint density at radius 2 is 2.05 bits per heavy atom. The van der Waals surface area contributed by atoms with Crippen molar-refractivity contribution in [1.29, 1.82) is 0 Å². The van der Waals surface area contributed by atoms with E-state index in [-0.39, 0.29) is 30.3 Å². The van der Waals surface area contributed by atoms with Gasteiger partial charge in [-0.1, -0.05) is 37.3 Å². The molecular formula is C15H22ClN3O2. The number of amides is 2. The highest BCUT2D eigenvalue weighted by Gasteiger charge is 2.27. The predicted molar refractivity (Wildman–Crippen MR) is 84.0 cm³/mol. The molecule has 1 aliphatic heterocycles. The van der Waals surface area contributed by atoms with Crippen molar-refractivity contribution in [2.75, 3.05) is 13.1 Å². The van der Waals surface area contributed by atoms with Crippen LogP contribution in [0.4, 0.5) is 0 Å². The molecule has 2 amide bonds. The van der Waals surface area contributed by atoms with Gasteiger partial charge in [-0.25, -0.2) is 0 Å². The van der Waals surface area contributed by atoms with Gasteiger partial charge in [0.1, 0.15) is 6.04 Å². The van der Waals surface area contributed by atoms with Crippen LogP contribution in [-0.4, -0.2) is 35.8 Å². The third-order valence-corrected chi connectivity index (χ3v) is 3.63. The fourth-order valence-corrected chi connectivity index (χ4v) is 2.43. The van der Waals surface area contributed by atoms with Crippen molar-refractivity contribution < 1.29 is 9.59 Å². The number of hydrogen-bond acceptors (Lipinski definition) is 3. The van der Waals surface area contributed by atoms with Gasteiger partial charge in [0.15, 0.2) is 0 Å². The van der Waals surface area contributed by atoms with Crippen LogP contribution in [-0.2, 0) is 9.59 Å². The van der Waals surface area contributed by atoms with E-state index < -0.39 is 6.04 Å². The lowest BCUT2D eigenvalue weighted by Gasteiger charge is -2.18. The smallest absolute Gasteiger partial charge is 0.241 e. The van der Waals surface area contributed by atoms with E-state index in [0.29, 0.717) is 19.5 Å². The molecule has 1 aromatic carbocycles. The van der Waals surface area contributed by atoms with Crippen LogP contribution in [0, 0.1) is 0 Å². The first-order valence-electron chi connectivity index (χ1n) is 7.00. The molecule has 0 aliphatic carbocycles. The normalized spacial score (nSPS) is 18.8. The van der Waals surface area contributed by atoms with Crippen molar-refractivity contribution in [2.24, 2.45) is 5.73 Å². The van der Waals surface area contributed by atoms with Crippen molar-refractivity contribution in [3.05, 3.63) is 35.9 Å². The van der Waals surface area contributed by atoms with Crippen LogP contribution < -0.4 is 11.1 Å². The van der Waals surface area contributed by atoms with Gasteiger partial charge < -0.3 is 16.0 Å². The van der Waals surface area contributed by atoms with Gasteiger partial charge in [0, 0.05) is 25.6 Å². The second kappa shape index (κ2) is 8.00. The summed E-state index contributed by atoms with van der Waals surface area (Å²) in [5, 5.41) is 2.93. The molecule has 5 nitrogen and oxygen atoms in total. The molecule has 0 aromatic heterocycles. The molecule has 2 rings (SSSR count). The highest BCUT2D eigenvalue weighted by molar-refractivity contribution is 5.85. The summed E-state index contributed by atoms with van der Waals surface area (Å²) in [6.07, 6.45) is 1.29. The SMILES string of the molecule is CCC(=O)N1CCC(NC(=O)C(N)c2ccccc2)C1.Cl. The maximum atomic E-state index is 12.1. The van der Waals surface area contributed by atoms with Gasteiger partial charge in [-0.2, -0.15) is 0 Å². The molecule has 0 radical (unpaired) electrons. The predicted octanol–water partition coefficient (Wildman–Crippen LogP) is 1.24. The molecule has 0 saturated carbocycles. The van der Waals surface area contributed by atoms with Crippen LogP contribution in [0.2, 0.25) is 0 Å². The molecule has 3 N–H and O–H groups in total. The fourth-order valence-electron chi connectivity index (χ4n) is 2.43. The van der Waals surface area contributed by atoms with E-state index in [1.807, 2.05) is 37.3 Å². The lowest BCUT2D eigenvalue weighted by Crippen LogP contribution is -2.42. The Morgan fingerprint density at radius 1 is 1.38 bits per heavy atom. The Hall–Kier alpha value is -1.59. The van der Waals surface area contributed by atoms with Crippen molar-refractivity contribution in [3.8, 4) is 0 Å². The average molecular weight is 312 g/mol. The van der Waals surface area contributed by atoms with Crippen molar-refractivity contribution in [1.82, 2.24) is 10.2 Å². The molecule has 6 heteroatoms. The van der Waals surface area contributed by atoms with Gasteiger partial charge >= 0.3 is 0 Å². The zero-order valence-corrected chi connectivity index (χ0v) is 12.9. The summed E-state index contributed by atoms with van der Waals surface area (Å²) in [5.41, 5.74) is 6.74. The lowest BCUT2D eigenvalue weighted by molar-refractivity contribution is -0.130. The molecule has 0 spiro atoms. The second-order valence-corrected chi connectivity index (χ2v) is 5.08. The number of carbonyl (C=O) groups excluding carboxylic acids is 2. The minimum absolute atomic E-state index is 0. The Bertz CT molecular complexity index is 481. The minimum atomic E-state index is -0.660. The molecule has 1 heterocycles. The summed E-state index contributed by atoms with van der Waals surface area (Å²) < 4.78 is 0. The van der Waals surface area contributed by atoms with E-state index in [0.717, 1.165) is 12.0 Å². The van der Waals surface area contributed by atoms with Gasteiger partial charge in [-0.05, 0) is 12.0 Å². The third kappa shape index (κ3) is 4.44. The summed E-state index contributed by atoms with van der Waals surface area (Å²) in [5.74, 6) is -0.0545. The summed E-state index contributed by atoms with van der Waals surface area (Å²) in [6, 6.07) is 8.64. The van der Waals surface area contributed by atoms with Gasteiger partial charge in [0.2, 0.25) is 11.8 Å². The Labute approximate surface area is 131 Å². The summed E-state index contributed by atoms with van der Waals surface area (Å²) in [4.78, 5) is 25.5. The molecule has 0 bridgehead atoms. The van der Waals surface area contributed by atoms with E-state index in [1.165, 1.54) is 0 Å². The molecule has 1 aromatic rings. The number of carbonyl (C=O) groups is 2. The number of hydrogen-bond donors (Lipinski definition) is 2. The lowest BCUT2D eigenvalue weighted by atomic mass is 10.1. The Kier molecular flexibility index (Phi) is 6.65. The standard InChI is InChI=1S/C15H21N3O2.ClH/c1-2-13(19)18-9-8-12(10-18)17-15(20)14(16)11-6-4-3-5-7-11;/h3-7,12,14H,2,8-10,16H2,1H3,(H,17,20);1H. The van der Waals surface area contributed by atoms with Crippen LogP contribution in [0.1, 0.15) is 31.4 Å². The molecule has 2 unspecified atom stereocenters. The maximum Gasteiger partial charge on any atom is 0.241 e. The number of nitrogens with two attached hydrogens (primary N) is 1. The minimum Gasteiger partial charge on any atom is -0.350 e. The summed E-state index contributed by atoms with van der Waals surface area (Å²) in [6.45, 7) is 3.14. The first-order chi connectivity index (χ1) is 9.61. The highest BCUT2D eigenvalue weighted by atomic mass is 35.5. The Balaban J connectivity index is 0.00000220. The van der Waals surface area contributed by atoms with Crippen molar-refractivity contribution in [3.63, 3.8) is 0 Å². The van der Waals surface area contributed by atoms with Crippen LogP contribution in [0.25, 0.3) is 0 Å². The van der Waals surface area contributed by atoms with Crippen LogP contribution in [0.3, 0.4) is 0 Å². The van der Waals surface area contributed by atoms with Gasteiger partial charge in [0.25, 0.3) is 0 Å². The van der Waals surface area contributed by atoms with Crippen LogP contribution in [0.5, 0.6) is 0 Å². The fraction of sp³-hybridized carbons (Fsp3) is 0.467. The largest absolute Gasteiger partial charge is 0.350 e. The zero-order valence-electron chi connectivity index (χ0n) is 12.1. The summed E-state index contributed by atoms with van der Waals surface area (Å²) >= 11 is 0. The molecule has 1 fully saturated rings. The average Bonchev–Trinajstić information content (AvgIpc) is 2.95. The van der Waals surface area contributed by atoms with Gasteiger partial charge in [-0.3, -0.25) is 9.59 Å². The molecule has 1 saturated heterocycles. The molecule has 2 atom stereocenters. The number of rotatable bonds is 4. The molecule has 21 heavy (non-hydrogen) atoms. The third-order valence-electron chi connectivity index (χ3n) is 3.63. The first-order valence-corrected chi connectivity index (χ1v) is 7.00. The Morgan fingerprint density at radius 3 is 2.67 bits per heavy atom. The number of likely N-dealkylation sites (tertiary alicyclic amines) is 1. The molecular weight excluding hydrogens is 290 g/mol. The van der Waals surface area contributed by atoms with Gasteiger partial charge in [0.05, 0.1) is 0 Å².